The number of esters is 1. The van der Waals surface area contributed by atoms with E-state index in [0.29, 0.717) is 5.56 Å². The highest BCUT2D eigenvalue weighted by Gasteiger charge is 2.45. The molecule has 1 aliphatic rings. The molecule has 1 aliphatic carbocycles. The highest BCUT2D eigenvalue weighted by atomic mass is 16.5. The average molecular weight is 260 g/mol. The quantitative estimate of drug-likeness (QED) is 0.669. The molecule has 1 N–H and O–H groups in total. The molecule has 0 amide bonds. The van der Waals surface area contributed by atoms with E-state index in [2.05, 4.69) is 0 Å². The Balaban J connectivity index is 2.40. The summed E-state index contributed by atoms with van der Waals surface area (Å²) in [6.07, 6.45) is 6.75. The van der Waals surface area contributed by atoms with E-state index in [1.165, 1.54) is 0 Å². The Labute approximate surface area is 113 Å². The summed E-state index contributed by atoms with van der Waals surface area (Å²) >= 11 is 0. The molecule has 0 fully saturated rings. The van der Waals surface area contributed by atoms with Gasteiger partial charge in [0, 0.05) is 5.92 Å². The summed E-state index contributed by atoms with van der Waals surface area (Å²) in [5.74, 6) is -0.777. The summed E-state index contributed by atoms with van der Waals surface area (Å²) in [4.78, 5) is 12.3. The third kappa shape index (κ3) is 2.71. The predicted octanol–water partition coefficient (Wildman–Crippen LogP) is 2.79. The van der Waals surface area contributed by atoms with E-state index in [9.17, 15) is 9.90 Å². The van der Waals surface area contributed by atoms with Crippen LogP contribution >= 0.6 is 0 Å². The summed E-state index contributed by atoms with van der Waals surface area (Å²) in [5, 5.41) is 11.0. The van der Waals surface area contributed by atoms with Crippen molar-refractivity contribution in [2.24, 2.45) is 5.92 Å². The second kappa shape index (κ2) is 6.02. The number of benzene rings is 1. The second-order valence-corrected chi connectivity index (χ2v) is 4.82. The molecule has 0 saturated heterocycles. The van der Waals surface area contributed by atoms with E-state index in [1.54, 1.807) is 19.1 Å². The highest BCUT2D eigenvalue weighted by Crippen LogP contribution is 2.37. The monoisotopic (exact) mass is 260 g/mol. The molecule has 102 valence electrons. The minimum atomic E-state index is -1.58. The summed E-state index contributed by atoms with van der Waals surface area (Å²) in [7, 11) is 0. The van der Waals surface area contributed by atoms with Gasteiger partial charge in [0.2, 0.25) is 0 Å². The van der Waals surface area contributed by atoms with E-state index in [4.69, 9.17) is 4.74 Å². The van der Waals surface area contributed by atoms with E-state index in [1.807, 2.05) is 30.4 Å². The Hall–Kier alpha value is -1.61. The topological polar surface area (TPSA) is 46.5 Å². The van der Waals surface area contributed by atoms with Crippen LogP contribution in [-0.2, 0) is 15.1 Å². The minimum absolute atomic E-state index is 0.220. The predicted molar refractivity (Wildman–Crippen MR) is 73.5 cm³/mol. The Morgan fingerprint density at radius 2 is 2.16 bits per heavy atom. The Kier molecular flexibility index (Phi) is 4.38. The van der Waals surface area contributed by atoms with Gasteiger partial charge in [-0.2, -0.15) is 0 Å². The molecule has 3 heteroatoms. The van der Waals surface area contributed by atoms with Crippen molar-refractivity contribution in [2.45, 2.75) is 31.8 Å². The summed E-state index contributed by atoms with van der Waals surface area (Å²) in [5.41, 5.74) is -0.973. The summed E-state index contributed by atoms with van der Waals surface area (Å²) in [6.45, 7) is 2.02. The lowest BCUT2D eigenvalue weighted by Gasteiger charge is -2.34. The molecule has 19 heavy (non-hydrogen) atoms. The molecule has 0 bridgehead atoms. The van der Waals surface area contributed by atoms with Gasteiger partial charge in [-0.1, -0.05) is 42.5 Å². The molecule has 0 radical (unpaired) electrons. The standard InChI is InChI=1S/C16H20O3/c1-2-19-15(17)16(18,13-9-5-3-6-10-13)14-11-7-4-8-12-14/h3,5-7,9-11,14,18H,2,4,8,12H2,1H3/t14?,16-/m1/s1. The van der Waals surface area contributed by atoms with Crippen molar-refractivity contribution in [3.05, 3.63) is 48.0 Å². The minimum Gasteiger partial charge on any atom is -0.464 e. The molecule has 2 rings (SSSR count). The van der Waals surface area contributed by atoms with Crippen LogP contribution in [0.15, 0.2) is 42.5 Å². The lowest BCUT2D eigenvalue weighted by molar-refractivity contribution is -0.171. The van der Waals surface area contributed by atoms with Crippen LogP contribution < -0.4 is 0 Å². The third-order valence-electron chi connectivity index (χ3n) is 3.59. The normalized spacial score (nSPS) is 21.7. The maximum Gasteiger partial charge on any atom is 0.343 e. The molecular formula is C16H20O3. The third-order valence-corrected chi connectivity index (χ3v) is 3.59. The number of hydrogen-bond donors (Lipinski definition) is 1. The first-order valence-corrected chi connectivity index (χ1v) is 6.81. The van der Waals surface area contributed by atoms with Crippen LogP contribution in [0.3, 0.4) is 0 Å². The van der Waals surface area contributed by atoms with Gasteiger partial charge in [-0.05, 0) is 31.7 Å². The van der Waals surface area contributed by atoms with Crippen molar-refractivity contribution < 1.29 is 14.6 Å². The van der Waals surface area contributed by atoms with Crippen molar-refractivity contribution in [1.29, 1.82) is 0 Å². The number of carbonyl (C=O) groups excluding carboxylic acids is 1. The zero-order chi connectivity index (χ0) is 13.7. The first-order chi connectivity index (χ1) is 9.19. The van der Waals surface area contributed by atoms with Crippen LogP contribution in [0.4, 0.5) is 0 Å². The largest absolute Gasteiger partial charge is 0.464 e. The van der Waals surface area contributed by atoms with Crippen LogP contribution in [-0.4, -0.2) is 17.7 Å². The van der Waals surface area contributed by atoms with Gasteiger partial charge in [-0.25, -0.2) is 4.79 Å². The van der Waals surface area contributed by atoms with Gasteiger partial charge >= 0.3 is 5.97 Å². The maximum atomic E-state index is 12.3. The van der Waals surface area contributed by atoms with Gasteiger partial charge < -0.3 is 9.84 Å². The van der Waals surface area contributed by atoms with Crippen LogP contribution in [0, 0.1) is 5.92 Å². The molecule has 1 aromatic carbocycles. The average Bonchev–Trinajstić information content (AvgIpc) is 2.48. The number of rotatable bonds is 4. The number of aliphatic hydroxyl groups is 1. The smallest absolute Gasteiger partial charge is 0.343 e. The number of carbonyl (C=O) groups is 1. The molecule has 0 heterocycles. The molecule has 1 aromatic rings. The molecule has 0 spiro atoms. The van der Waals surface area contributed by atoms with Crippen molar-refractivity contribution in [2.75, 3.05) is 6.61 Å². The lowest BCUT2D eigenvalue weighted by atomic mass is 9.76. The first-order valence-electron chi connectivity index (χ1n) is 6.81. The van der Waals surface area contributed by atoms with Gasteiger partial charge in [-0.3, -0.25) is 0 Å². The van der Waals surface area contributed by atoms with Crippen molar-refractivity contribution in [3.8, 4) is 0 Å². The van der Waals surface area contributed by atoms with E-state index < -0.39 is 11.6 Å². The zero-order valence-electron chi connectivity index (χ0n) is 11.2. The number of ether oxygens (including phenoxy) is 1. The Morgan fingerprint density at radius 1 is 1.42 bits per heavy atom. The number of allylic oxidation sites excluding steroid dienone is 1. The fourth-order valence-electron chi connectivity index (χ4n) is 2.58. The molecule has 0 aromatic heterocycles. The van der Waals surface area contributed by atoms with Crippen LogP contribution in [0.5, 0.6) is 0 Å². The van der Waals surface area contributed by atoms with Crippen molar-refractivity contribution >= 4 is 5.97 Å². The first kappa shape index (κ1) is 13.8. The van der Waals surface area contributed by atoms with Crippen LogP contribution in [0.1, 0.15) is 31.7 Å². The van der Waals surface area contributed by atoms with Crippen LogP contribution in [0.25, 0.3) is 0 Å². The number of hydrogen-bond acceptors (Lipinski definition) is 3. The Bertz CT molecular complexity index is 452. The molecular weight excluding hydrogens is 240 g/mol. The molecule has 0 saturated carbocycles. The van der Waals surface area contributed by atoms with Crippen molar-refractivity contribution in [3.63, 3.8) is 0 Å². The van der Waals surface area contributed by atoms with Crippen LogP contribution in [0.2, 0.25) is 0 Å². The second-order valence-electron chi connectivity index (χ2n) is 4.82. The summed E-state index contributed by atoms with van der Waals surface area (Å²) in [6, 6.07) is 9.07. The van der Waals surface area contributed by atoms with E-state index >= 15 is 0 Å². The zero-order valence-corrected chi connectivity index (χ0v) is 11.2. The molecule has 0 aliphatic heterocycles. The molecule has 3 nitrogen and oxygen atoms in total. The summed E-state index contributed by atoms with van der Waals surface area (Å²) < 4.78 is 5.09. The van der Waals surface area contributed by atoms with Gasteiger partial charge in [-0.15, -0.1) is 0 Å². The van der Waals surface area contributed by atoms with E-state index in [-0.39, 0.29) is 12.5 Å². The Morgan fingerprint density at radius 3 is 2.74 bits per heavy atom. The fraction of sp³-hybridized carbons (Fsp3) is 0.438. The van der Waals surface area contributed by atoms with Gasteiger partial charge in [0.25, 0.3) is 0 Å². The molecule has 2 atom stereocenters. The van der Waals surface area contributed by atoms with Gasteiger partial charge in [0.1, 0.15) is 0 Å². The maximum absolute atomic E-state index is 12.3. The van der Waals surface area contributed by atoms with E-state index in [0.717, 1.165) is 19.3 Å². The lowest BCUT2D eigenvalue weighted by Crippen LogP contribution is -2.44. The fourth-order valence-corrected chi connectivity index (χ4v) is 2.58. The van der Waals surface area contributed by atoms with Gasteiger partial charge in [0.15, 0.2) is 5.60 Å². The van der Waals surface area contributed by atoms with Gasteiger partial charge in [0.05, 0.1) is 6.61 Å². The SMILES string of the molecule is CCOC(=O)[C@@](O)(c1ccccc1)C1C=CCCC1. The van der Waals surface area contributed by atoms with Crippen molar-refractivity contribution in [1.82, 2.24) is 0 Å². The molecule has 1 unspecified atom stereocenters. The highest BCUT2D eigenvalue weighted by molar-refractivity contribution is 5.82.